The molecule has 2 saturated heterocycles. The van der Waals surface area contributed by atoms with Crippen LogP contribution in [0.2, 0.25) is 0 Å². The Kier molecular flexibility index (Phi) is 4.44. The van der Waals surface area contributed by atoms with Crippen LogP contribution in [0.1, 0.15) is 32.6 Å². The Bertz CT molecular complexity index is 342. The quantitative estimate of drug-likeness (QED) is 0.819. The van der Waals surface area contributed by atoms with E-state index in [1.807, 2.05) is 0 Å². The molecule has 0 amide bonds. The maximum atomic E-state index is 11.3. The average Bonchev–Trinajstić information content (AvgIpc) is 2.67. The lowest BCUT2D eigenvalue weighted by atomic mass is 10.0. The second kappa shape index (κ2) is 5.67. The molecule has 100 valence electrons. The molecule has 17 heavy (non-hydrogen) atoms. The number of rotatable bonds is 4. The summed E-state index contributed by atoms with van der Waals surface area (Å²) in [7, 11) is -2.73. The molecule has 4 nitrogen and oxygen atoms in total. The summed E-state index contributed by atoms with van der Waals surface area (Å²) in [5, 5.41) is 3.52. The molecule has 2 heterocycles. The van der Waals surface area contributed by atoms with Gasteiger partial charge in [0.05, 0.1) is 17.6 Å². The number of ether oxygens (including phenoxy) is 1. The van der Waals surface area contributed by atoms with Gasteiger partial charge in [0.25, 0.3) is 0 Å². The highest BCUT2D eigenvalue weighted by molar-refractivity contribution is 7.91. The summed E-state index contributed by atoms with van der Waals surface area (Å²) in [5.74, 6) is 1.08. The predicted molar refractivity (Wildman–Crippen MR) is 67.8 cm³/mol. The molecule has 2 aliphatic rings. The van der Waals surface area contributed by atoms with Gasteiger partial charge in [0.2, 0.25) is 0 Å². The first-order chi connectivity index (χ1) is 8.09. The zero-order valence-electron chi connectivity index (χ0n) is 10.5. The lowest BCUT2D eigenvalue weighted by Gasteiger charge is -2.30. The minimum Gasteiger partial charge on any atom is -0.378 e. The highest BCUT2D eigenvalue weighted by Crippen LogP contribution is 2.20. The van der Waals surface area contributed by atoms with Crippen LogP contribution in [0.5, 0.6) is 0 Å². The van der Waals surface area contributed by atoms with E-state index < -0.39 is 9.84 Å². The van der Waals surface area contributed by atoms with Crippen molar-refractivity contribution >= 4 is 9.84 Å². The summed E-state index contributed by atoms with van der Waals surface area (Å²) in [5.41, 5.74) is 0. The van der Waals surface area contributed by atoms with Crippen molar-refractivity contribution in [3.05, 3.63) is 0 Å². The van der Waals surface area contributed by atoms with Crippen molar-refractivity contribution in [1.29, 1.82) is 0 Å². The van der Waals surface area contributed by atoms with Gasteiger partial charge in [-0.05, 0) is 38.1 Å². The first kappa shape index (κ1) is 13.3. The van der Waals surface area contributed by atoms with Crippen molar-refractivity contribution in [3.63, 3.8) is 0 Å². The Morgan fingerprint density at radius 1 is 1.35 bits per heavy atom. The summed E-state index contributed by atoms with van der Waals surface area (Å²) < 4.78 is 28.3. The third kappa shape index (κ3) is 3.93. The molecule has 2 aliphatic heterocycles. The number of hydrogen-bond donors (Lipinski definition) is 1. The molecule has 0 radical (unpaired) electrons. The minimum absolute atomic E-state index is 0.322. The van der Waals surface area contributed by atoms with Gasteiger partial charge >= 0.3 is 0 Å². The van der Waals surface area contributed by atoms with Crippen molar-refractivity contribution in [2.24, 2.45) is 5.92 Å². The predicted octanol–water partition coefficient (Wildman–Crippen LogP) is 0.968. The van der Waals surface area contributed by atoms with Gasteiger partial charge in [0.15, 0.2) is 9.84 Å². The summed E-state index contributed by atoms with van der Waals surface area (Å²) in [4.78, 5) is 0. The van der Waals surface area contributed by atoms with Gasteiger partial charge in [-0.25, -0.2) is 8.42 Å². The van der Waals surface area contributed by atoms with E-state index in [0.717, 1.165) is 38.8 Å². The standard InChI is InChI=1S/C12H23NO3S/c1-2-12-7-11(3-5-16-12)13-8-10-4-6-17(14,15)9-10/h10-13H,2-9H2,1H3. The molecule has 5 heteroatoms. The zero-order chi connectivity index (χ0) is 12.3. The Morgan fingerprint density at radius 2 is 2.18 bits per heavy atom. The smallest absolute Gasteiger partial charge is 0.150 e. The third-order valence-electron chi connectivity index (χ3n) is 3.84. The molecular weight excluding hydrogens is 238 g/mol. The number of sulfone groups is 1. The molecule has 0 aromatic rings. The van der Waals surface area contributed by atoms with Crippen molar-refractivity contribution in [2.75, 3.05) is 24.7 Å². The van der Waals surface area contributed by atoms with Gasteiger partial charge in [-0.3, -0.25) is 0 Å². The molecule has 0 aromatic heterocycles. The van der Waals surface area contributed by atoms with Crippen molar-refractivity contribution in [1.82, 2.24) is 5.32 Å². The maximum absolute atomic E-state index is 11.3. The van der Waals surface area contributed by atoms with E-state index in [0.29, 0.717) is 29.6 Å². The van der Waals surface area contributed by atoms with E-state index in [-0.39, 0.29) is 0 Å². The molecule has 0 spiro atoms. The Hall–Kier alpha value is -0.130. The van der Waals surface area contributed by atoms with Gasteiger partial charge in [-0.2, -0.15) is 0 Å². The van der Waals surface area contributed by atoms with Crippen molar-refractivity contribution in [2.45, 2.75) is 44.8 Å². The summed E-state index contributed by atoms with van der Waals surface area (Å²) in [6.45, 7) is 3.83. The average molecular weight is 261 g/mol. The second-order valence-corrected chi connectivity index (χ2v) is 7.53. The van der Waals surface area contributed by atoms with Crippen molar-refractivity contribution < 1.29 is 13.2 Å². The molecule has 1 N–H and O–H groups in total. The third-order valence-corrected chi connectivity index (χ3v) is 5.68. The minimum atomic E-state index is -2.73. The van der Waals surface area contributed by atoms with Crippen LogP contribution in [0.15, 0.2) is 0 Å². The van der Waals surface area contributed by atoms with E-state index >= 15 is 0 Å². The van der Waals surface area contributed by atoms with Crippen molar-refractivity contribution in [3.8, 4) is 0 Å². The number of hydrogen-bond acceptors (Lipinski definition) is 4. The molecule has 0 aliphatic carbocycles. The van der Waals surface area contributed by atoms with Crippen LogP contribution >= 0.6 is 0 Å². The molecule has 2 rings (SSSR count). The number of nitrogens with one attached hydrogen (secondary N) is 1. The normalized spacial score (nSPS) is 37.1. The van der Waals surface area contributed by atoms with E-state index in [4.69, 9.17) is 4.74 Å². The highest BCUT2D eigenvalue weighted by Gasteiger charge is 2.29. The zero-order valence-corrected chi connectivity index (χ0v) is 11.3. The van der Waals surface area contributed by atoms with Gasteiger partial charge in [-0.15, -0.1) is 0 Å². The molecule has 3 atom stereocenters. The maximum Gasteiger partial charge on any atom is 0.150 e. The van der Waals surface area contributed by atoms with Crippen LogP contribution in [-0.4, -0.2) is 45.2 Å². The van der Waals surface area contributed by atoms with E-state index in [9.17, 15) is 8.42 Å². The monoisotopic (exact) mass is 261 g/mol. The van der Waals surface area contributed by atoms with Crippen LogP contribution in [0.25, 0.3) is 0 Å². The first-order valence-electron chi connectivity index (χ1n) is 6.64. The molecule has 3 unspecified atom stereocenters. The summed E-state index contributed by atoms with van der Waals surface area (Å²) >= 11 is 0. The van der Waals surface area contributed by atoms with Gasteiger partial charge in [0.1, 0.15) is 0 Å². The van der Waals surface area contributed by atoms with E-state index in [1.54, 1.807) is 0 Å². The second-order valence-electron chi connectivity index (χ2n) is 5.30. The molecular formula is C12H23NO3S. The Balaban J connectivity index is 1.71. The van der Waals surface area contributed by atoms with Gasteiger partial charge in [-0.1, -0.05) is 6.92 Å². The van der Waals surface area contributed by atoms with E-state index in [1.165, 1.54) is 0 Å². The highest BCUT2D eigenvalue weighted by atomic mass is 32.2. The molecule has 0 aromatic carbocycles. The molecule has 0 saturated carbocycles. The lowest BCUT2D eigenvalue weighted by molar-refractivity contribution is -0.000453. The van der Waals surface area contributed by atoms with E-state index in [2.05, 4.69) is 12.2 Å². The SMILES string of the molecule is CCC1CC(NCC2CCS(=O)(=O)C2)CCO1. The topological polar surface area (TPSA) is 55.4 Å². The van der Waals surface area contributed by atoms with Gasteiger partial charge in [0, 0.05) is 12.6 Å². The fourth-order valence-electron chi connectivity index (χ4n) is 2.72. The fourth-order valence-corrected chi connectivity index (χ4v) is 4.58. The van der Waals surface area contributed by atoms with Crippen LogP contribution in [-0.2, 0) is 14.6 Å². The Labute approximate surface area is 104 Å². The van der Waals surface area contributed by atoms with Crippen LogP contribution in [0.3, 0.4) is 0 Å². The molecule has 2 fully saturated rings. The lowest BCUT2D eigenvalue weighted by Crippen LogP contribution is -2.41. The largest absolute Gasteiger partial charge is 0.378 e. The Morgan fingerprint density at radius 3 is 2.82 bits per heavy atom. The first-order valence-corrected chi connectivity index (χ1v) is 8.46. The van der Waals surface area contributed by atoms with Crippen LogP contribution in [0, 0.1) is 5.92 Å². The van der Waals surface area contributed by atoms with Crippen LogP contribution < -0.4 is 5.32 Å². The van der Waals surface area contributed by atoms with Crippen LogP contribution in [0.4, 0.5) is 0 Å². The molecule has 0 bridgehead atoms. The summed E-state index contributed by atoms with van der Waals surface area (Å²) in [6.07, 6.45) is 4.39. The fraction of sp³-hybridized carbons (Fsp3) is 1.00. The van der Waals surface area contributed by atoms with Gasteiger partial charge < -0.3 is 10.1 Å². The summed E-state index contributed by atoms with van der Waals surface area (Å²) in [6, 6.07) is 0.511.